The van der Waals surface area contributed by atoms with Crippen molar-refractivity contribution in [2.24, 2.45) is 5.73 Å². The second-order valence-electron chi connectivity index (χ2n) is 3.91. The zero-order chi connectivity index (χ0) is 14.4. The molecule has 0 unspecified atom stereocenters. The molecule has 6 heteroatoms. The molecule has 20 heavy (non-hydrogen) atoms. The van der Waals surface area contributed by atoms with E-state index in [0.29, 0.717) is 16.8 Å². The van der Waals surface area contributed by atoms with Gasteiger partial charge in [0, 0.05) is 16.6 Å². The maximum absolute atomic E-state index is 12.1. The average Bonchev–Trinajstić information content (AvgIpc) is 2.88. The Hall–Kier alpha value is -2.36. The molecule has 2 aromatic rings. The van der Waals surface area contributed by atoms with Crippen LogP contribution < -0.4 is 15.9 Å². The third-order valence-electron chi connectivity index (χ3n) is 2.51. The van der Waals surface area contributed by atoms with Gasteiger partial charge >= 0.3 is 4.87 Å². The molecule has 5 nitrogen and oxygen atoms in total. The van der Waals surface area contributed by atoms with Crippen LogP contribution >= 0.6 is 11.3 Å². The van der Waals surface area contributed by atoms with Gasteiger partial charge in [0.25, 0.3) is 5.91 Å². The Kier molecular flexibility index (Phi) is 4.71. The highest BCUT2D eigenvalue weighted by Gasteiger charge is 2.09. The smallest absolute Gasteiger partial charge is 0.304 e. The number of H-pyrrole nitrogens is 1. The van der Waals surface area contributed by atoms with Crippen molar-refractivity contribution in [3.63, 3.8) is 0 Å². The van der Waals surface area contributed by atoms with E-state index in [1.54, 1.807) is 23.6 Å². The molecule has 0 fully saturated rings. The molecule has 1 aromatic heterocycles. The molecule has 102 valence electrons. The Morgan fingerprint density at radius 2 is 2.20 bits per heavy atom. The summed E-state index contributed by atoms with van der Waals surface area (Å²) in [5.41, 5.74) is 7.14. The molecule has 1 amide bonds. The fraction of sp³-hybridized carbons (Fsp3) is 0.143. The average molecular weight is 287 g/mol. The van der Waals surface area contributed by atoms with Gasteiger partial charge in [-0.2, -0.15) is 0 Å². The zero-order valence-electron chi connectivity index (χ0n) is 10.6. The van der Waals surface area contributed by atoms with Crippen LogP contribution in [0.4, 0.5) is 0 Å². The maximum Gasteiger partial charge on any atom is 0.304 e. The highest BCUT2D eigenvalue weighted by atomic mass is 32.1. The Morgan fingerprint density at radius 1 is 1.40 bits per heavy atom. The summed E-state index contributed by atoms with van der Waals surface area (Å²) in [6, 6.07) is 7.05. The van der Waals surface area contributed by atoms with Crippen molar-refractivity contribution in [1.29, 1.82) is 0 Å². The standard InChI is InChI=1S/C14H13N3O2S/c15-7-3-5-10-4-1-2-6-12(10)13(18)16-8-11-9-20-14(19)17-11/h1-2,4,6,9H,7-8,15H2,(H,16,18)(H,17,19). The van der Waals surface area contributed by atoms with Gasteiger partial charge in [0.2, 0.25) is 0 Å². The first-order valence-corrected chi connectivity index (χ1v) is 6.81. The van der Waals surface area contributed by atoms with Gasteiger partial charge in [0.05, 0.1) is 18.7 Å². The predicted octanol–water partition coefficient (Wildman–Crippen LogP) is 0.677. The quantitative estimate of drug-likeness (QED) is 0.725. The van der Waals surface area contributed by atoms with Crippen molar-refractivity contribution < 1.29 is 4.79 Å². The van der Waals surface area contributed by atoms with Gasteiger partial charge < -0.3 is 16.0 Å². The van der Waals surface area contributed by atoms with E-state index in [2.05, 4.69) is 22.1 Å². The molecule has 0 saturated heterocycles. The van der Waals surface area contributed by atoms with Crippen LogP contribution in [-0.2, 0) is 6.54 Å². The summed E-state index contributed by atoms with van der Waals surface area (Å²) in [6.07, 6.45) is 0. The highest BCUT2D eigenvalue weighted by molar-refractivity contribution is 7.07. The van der Waals surface area contributed by atoms with Crippen LogP contribution in [0.15, 0.2) is 34.4 Å². The van der Waals surface area contributed by atoms with E-state index in [9.17, 15) is 9.59 Å². The molecule has 1 aromatic carbocycles. The molecule has 0 spiro atoms. The van der Waals surface area contributed by atoms with E-state index >= 15 is 0 Å². The van der Waals surface area contributed by atoms with Crippen LogP contribution in [-0.4, -0.2) is 17.4 Å². The third kappa shape index (κ3) is 3.57. The summed E-state index contributed by atoms with van der Waals surface area (Å²) in [7, 11) is 0. The van der Waals surface area contributed by atoms with E-state index in [0.717, 1.165) is 11.3 Å². The molecule has 0 saturated carbocycles. The van der Waals surface area contributed by atoms with E-state index in [1.807, 2.05) is 6.07 Å². The minimum Gasteiger partial charge on any atom is -0.346 e. The topological polar surface area (TPSA) is 88.0 Å². The number of amides is 1. The Labute approximate surface area is 119 Å². The normalized spacial score (nSPS) is 9.65. The molecular formula is C14H13N3O2S. The van der Waals surface area contributed by atoms with Crippen molar-refractivity contribution >= 4 is 17.2 Å². The van der Waals surface area contributed by atoms with Crippen LogP contribution in [0.25, 0.3) is 0 Å². The minimum absolute atomic E-state index is 0.136. The molecule has 0 aliphatic rings. The Balaban J connectivity index is 2.11. The lowest BCUT2D eigenvalue weighted by Crippen LogP contribution is -2.24. The lowest BCUT2D eigenvalue weighted by Gasteiger charge is -2.05. The molecule has 4 N–H and O–H groups in total. The van der Waals surface area contributed by atoms with E-state index in [4.69, 9.17) is 5.73 Å². The predicted molar refractivity (Wildman–Crippen MR) is 78.5 cm³/mol. The van der Waals surface area contributed by atoms with Gasteiger partial charge in [-0.25, -0.2) is 0 Å². The van der Waals surface area contributed by atoms with Gasteiger partial charge in [-0.1, -0.05) is 35.3 Å². The second-order valence-corrected chi connectivity index (χ2v) is 4.75. The van der Waals surface area contributed by atoms with Crippen molar-refractivity contribution in [2.45, 2.75) is 6.54 Å². The first-order valence-electron chi connectivity index (χ1n) is 5.93. The summed E-state index contributed by atoms with van der Waals surface area (Å²) in [5.74, 6) is 5.36. The minimum atomic E-state index is -0.237. The van der Waals surface area contributed by atoms with Crippen LogP contribution in [0.2, 0.25) is 0 Å². The number of aromatic nitrogens is 1. The number of benzene rings is 1. The summed E-state index contributed by atoms with van der Waals surface area (Å²) < 4.78 is 0. The van der Waals surface area contributed by atoms with Crippen molar-refractivity contribution in [3.05, 3.63) is 56.1 Å². The number of carbonyl (C=O) groups is 1. The molecule has 0 radical (unpaired) electrons. The van der Waals surface area contributed by atoms with Crippen LogP contribution in [0.1, 0.15) is 21.6 Å². The van der Waals surface area contributed by atoms with Crippen molar-refractivity contribution in [2.75, 3.05) is 6.54 Å². The molecule has 1 heterocycles. The maximum atomic E-state index is 12.1. The Morgan fingerprint density at radius 3 is 2.90 bits per heavy atom. The second kappa shape index (κ2) is 6.70. The summed E-state index contributed by atoms with van der Waals surface area (Å²) in [5, 5.41) is 4.43. The van der Waals surface area contributed by atoms with E-state index < -0.39 is 0 Å². The number of carbonyl (C=O) groups excluding carboxylic acids is 1. The van der Waals surface area contributed by atoms with Crippen LogP contribution in [0.3, 0.4) is 0 Å². The molecule has 2 rings (SSSR count). The Bertz CT molecular complexity index is 722. The lowest BCUT2D eigenvalue weighted by atomic mass is 10.1. The van der Waals surface area contributed by atoms with Gasteiger partial charge in [-0.05, 0) is 12.1 Å². The number of hydrogen-bond acceptors (Lipinski definition) is 4. The van der Waals surface area contributed by atoms with Crippen LogP contribution in [0, 0.1) is 11.8 Å². The van der Waals surface area contributed by atoms with E-state index in [1.165, 1.54) is 0 Å². The molecule has 0 aliphatic heterocycles. The number of nitrogens with one attached hydrogen (secondary N) is 2. The highest BCUT2D eigenvalue weighted by Crippen LogP contribution is 2.07. The summed E-state index contributed by atoms with van der Waals surface area (Å²) in [4.78, 5) is 25.6. The summed E-state index contributed by atoms with van der Waals surface area (Å²) in [6.45, 7) is 0.516. The summed E-state index contributed by atoms with van der Waals surface area (Å²) >= 11 is 1.07. The van der Waals surface area contributed by atoms with Gasteiger partial charge in [0.15, 0.2) is 0 Å². The first kappa shape index (κ1) is 14.1. The fourth-order valence-corrected chi connectivity index (χ4v) is 2.19. The van der Waals surface area contributed by atoms with Crippen molar-refractivity contribution in [1.82, 2.24) is 10.3 Å². The molecule has 0 atom stereocenters. The van der Waals surface area contributed by atoms with Gasteiger partial charge in [0.1, 0.15) is 0 Å². The molecular weight excluding hydrogens is 274 g/mol. The number of hydrogen-bond donors (Lipinski definition) is 3. The van der Waals surface area contributed by atoms with Crippen LogP contribution in [0.5, 0.6) is 0 Å². The number of thiazole rings is 1. The fourth-order valence-electron chi connectivity index (χ4n) is 1.61. The zero-order valence-corrected chi connectivity index (χ0v) is 11.4. The lowest BCUT2D eigenvalue weighted by molar-refractivity contribution is 0.0950. The SMILES string of the molecule is NCC#Cc1ccccc1C(=O)NCc1csc(=O)[nH]1. The monoisotopic (exact) mass is 287 g/mol. The largest absolute Gasteiger partial charge is 0.346 e. The number of nitrogens with two attached hydrogens (primary N) is 1. The molecule has 0 aliphatic carbocycles. The number of rotatable bonds is 3. The number of aromatic amines is 1. The third-order valence-corrected chi connectivity index (χ3v) is 3.23. The first-order chi connectivity index (χ1) is 9.70. The van der Waals surface area contributed by atoms with E-state index in [-0.39, 0.29) is 23.9 Å². The molecule has 0 bridgehead atoms. The van der Waals surface area contributed by atoms with Gasteiger partial charge in [-0.3, -0.25) is 9.59 Å². The van der Waals surface area contributed by atoms with Gasteiger partial charge in [-0.15, -0.1) is 0 Å². The van der Waals surface area contributed by atoms with Crippen molar-refractivity contribution in [3.8, 4) is 11.8 Å².